The smallest absolute Gasteiger partial charge is 0.410 e. The summed E-state index contributed by atoms with van der Waals surface area (Å²) in [5.41, 5.74) is 0.657. The van der Waals surface area contributed by atoms with Gasteiger partial charge >= 0.3 is 18.0 Å². The molecule has 29 heavy (non-hydrogen) atoms. The maximum absolute atomic E-state index is 12.1. The number of aliphatic carboxylic acids is 1. The lowest BCUT2D eigenvalue weighted by Crippen LogP contribution is -2.43. The van der Waals surface area contributed by atoms with Gasteiger partial charge in [0.2, 0.25) is 6.79 Å². The molecule has 10 heteroatoms. The van der Waals surface area contributed by atoms with Gasteiger partial charge in [0.15, 0.2) is 0 Å². The number of benzene rings is 1. The minimum absolute atomic E-state index is 0.138. The molecule has 1 aromatic carbocycles. The molecule has 0 heterocycles. The van der Waals surface area contributed by atoms with E-state index >= 15 is 0 Å². The molecule has 1 rings (SSSR count). The highest BCUT2D eigenvalue weighted by Crippen LogP contribution is 2.21. The van der Waals surface area contributed by atoms with Crippen LogP contribution in [0.25, 0.3) is 0 Å². The van der Waals surface area contributed by atoms with E-state index in [0.29, 0.717) is 10.6 Å². The SMILES string of the molecule is CCOC(C)(OCC)C(=O)OCOC(=O)NC(CCC(=O)O)c1ccc(Cl)cc1. The number of alkyl carbamates (subject to hydrolysis) is 1. The summed E-state index contributed by atoms with van der Waals surface area (Å²) in [6.45, 7) is 4.58. The van der Waals surface area contributed by atoms with Gasteiger partial charge in [0.25, 0.3) is 5.79 Å². The Bertz CT molecular complexity index is 673. The molecule has 0 saturated carbocycles. The van der Waals surface area contributed by atoms with E-state index in [1.165, 1.54) is 6.92 Å². The number of ether oxygens (including phenoxy) is 4. The van der Waals surface area contributed by atoms with E-state index in [-0.39, 0.29) is 26.1 Å². The standard InChI is InChI=1S/C19H26ClNO8/c1-4-28-19(3,29-5-2)17(24)26-12-27-18(25)21-15(10-11-16(22)23)13-6-8-14(20)9-7-13/h6-9,15H,4-5,10-12H2,1-3H3,(H,21,25)(H,22,23). The van der Waals surface area contributed by atoms with Crippen molar-refractivity contribution in [1.82, 2.24) is 5.32 Å². The molecular weight excluding hydrogens is 406 g/mol. The van der Waals surface area contributed by atoms with Crippen molar-refractivity contribution in [3.63, 3.8) is 0 Å². The number of rotatable bonds is 12. The Balaban J connectivity index is 2.62. The first-order valence-corrected chi connectivity index (χ1v) is 9.45. The Hall–Kier alpha value is -2.36. The highest BCUT2D eigenvalue weighted by Gasteiger charge is 2.37. The van der Waals surface area contributed by atoms with Gasteiger partial charge < -0.3 is 29.4 Å². The van der Waals surface area contributed by atoms with Gasteiger partial charge in [-0.3, -0.25) is 4.79 Å². The normalized spacial score (nSPS) is 12.1. The molecular formula is C19H26ClNO8. The van der Waals surface area contributed by atoms with Gasteiger partial charge in [-0.2, -0.15) is 0 Å². The van der Waals surface area contributed by atoms with Crippen molar-refractivity contribution in [3.05, 3.63) is 34.9 Å². The largest absolute Gasteiger partial charge is 0.481 e. The van der Waals surface area contributed by atoms with Gasteiger partial charge in [0.05, 0.1) is 6.04 Å². The lowest BCUT2D eigenvalue weighted by Gasteiger charge is -2.26. The van der Waals surface area contributed by atoms with Crippen LogP contribution < -0.4 is 5.32 Å². The summed E-state index contributed by atoms with van der Waals surface area (Å²) in [5, 5.41) is 12.0. The summed E-state index contributed by atoms with van der Waals surface area (Å²) in [6.07, 6.45) is -0.903. The molecule has 1 unspecified atom stereocenters. The number of esters is 1. The van der Waals surface area contributed by atoms with E-state index in [1.54, 1.807) is 38.1 Å². The fraction of sp³-hybridized carbons (Fsp3) is 0.526. The van der Waals surface area contributed by atoms with Crippen molar-refractivity contribution in [2.45, 2.75) is 45.4 Å². The molecule has 1 aromatic rings. The minimum Gasteiger partial charge on any atom is -0.481 e. The summed E-state index contributed by atoms with van der Waals surface area (Å²) < 4.78 is 20.3. The van der Waals surface area contributed by atoms with Crippen LogP contribution in [0, 0.1) is 0 Å². The van der Waals surface area contributed by atoms with Gasteiger partial charge in [0, 0.05) is 31.6 Å². The first kappa shape index (κ1) is 24.7. The summed E-state index contributed by atoms with van der Waals surface area (Å²) in [5.74, 6) is -3.44. The predicted molar refractivity (Wildman–Crippen MR) is 103 cm³/mol. The van der Waals surface area contributed by atoms with Crippen LogP contribution in [0.3, 0.4) is 0 Å². The summed E-state index contributed by atoms with van der Waals surface area (Å²) in [7, 11) is 0. The Labute approximate surface area is 174 Å². The van der Waals surface area contributed by atoms with Crippen LogP contribution in [-0.2, 0) is 28.5 Å². The molecule has 0 aliphatic heterocycles. The van der Waals surface area contributed by atoms with Crippen LogP contribution >= 0.6 is 11.6 Å². The molecule has 1 atom stereocenters. The van der Waals surface area contributed by atoms with E-state index in [0.717, 1.165) is 0 Å². The van der Waals surface area contributed by atoms with E-state index in [4.69, 9.17) is 35.7 Å². The van der Waals surface area contributed by atoms with Crippen molar-refractivity contribution < 1.29 is 38.4 Å². The van der Waals surface area contributed by atoms with Crippen LogP contribution in [-0.4, -0.2) is 48.9 Å². The highest BCUT2D eigenvalue weighted by atomic mass is 35.5. The first-order valence-electron chi connectivity index (χ1n) is 9.07. The Morgan fingerprint density at radius 1 is 1.10 bits per heavy atom. The third kappa shape index (κ3) is 8.68. The molecule has 0 bridgehead atoms. The molecule has 0 saturated heterocycles. The van der Waals surface area contributed by atoms with Crippen molar-refractivity contribution in [1.29, 1.82) is 0 Å². The van der Waals surface area contributed by atoms with E-state index in [9.17, 15) is 14.4 Å². The number of nitrogens with one attached hydrogen (secondary N) is 1. The zero-order valence-electron chi connectivity index (χ0n) is 16.6. The number of carboxylic acid groups (broad SMARTS) is 1. The molecule has 0 aliphatic carbocycles. The van der Waals surface area contributed by atoms with Gasteiger partial charge in [-0.05, 0) is 38.0 Å². The number of hydrogen-bond acceptors (Lipinski definition) is 7. The predicted octanol–water partition coefficient (Wildman–Crippen LogP) is 3.26. The van der Waals surface area contributed by atoms with Gasteiger partial charge in [-0.25, -0.2) is 9.59 Å². The van der Waals surface area contributed by atoms with Crippen LogP contribution in [0.4, 0.5) is 4.79 Å². The number of carboxylic acids is 1. The molecule has 0 aliphatic rings. The molecule has 9 nitrogen and oxygen atoms in total. The van der Waals surface area contributed by atoms with Gasteiger partial charge in [-0.1, -0.05) is 23.7 Å². The Morgan fingerprint density at radius 2 is 1.69 bits per heavy atom. The fourth-order valence-corrected chi connectivity index (χ4v) is 2.57. The van der Waals surface area contributed by atoms with Crippen LogP contribution in [0.15, 0.2) is 24.3 Å². The topological polar surface area (TPSA) is 120 Å². The maximum Gasteiger partial charge on any atom is 0.410 e. The van der Waals surface area contributed by atoms with Crippen LogP contribution in [0.1, 0.15) is 45.2 Å². The number of amides is 1. The zero-order chi connectivity index (χ0) is 21.9. The van der Waals surface area contributed by atoms with Crippen molar-refractivity contribution in [2.75, 3.05) is 20.0 Å². The molecule has 0 aromatic heterocycles. The lowest BCUT2D eigenvalue weighted by molar-refractivity contribution is -0.242. The van der Waals surface area contributed by atoms with Gasteiger partial charge in [-0.15, -0.1) is 0 Å². The fourth-order valence-electron chi connectivity index (χ4n) is 2.45. The number of halogens is 1. The monoisotopic (exact) mass is 431 g/mol. The second-order valence-electron chi connectivity index (χ2n) is 5.97. The molecule has 1 amide bonds. The lowest BCUT2D eigenvalue weighted by atomic mass is 10.0. The summed E-state index contributed by atoms with van der Waals surface area (Å²) in [4.78, 5) is 35.1. The Kier molecular flexibility index (Phi) is 10.4. The summed E-state index contributed by atoms with van der Waals surface area (Å²) >= 11 is 5.85. The van der Waals surface area contributed by atoms with Crippen molar-refractivity contribution >= 4 is 29.6 Å². The average molecular weight is 432 g/mol. The van der Waals surface area contributed by atoms with E-state index < -0.39 is 36.7 Å². The zero-order valence-corrected chi connectivity index (χ0v) is 17.4. The van der Waals surface area contributed by atoms with Gasteiger partial charge in [0.1, 0.15) is 0 Å². The van der Waals surface area contributed by atoms with Crippen LogP contribution in [0.5, 0.6) is 0 Å². The second-order valence-corrected chi connectivity index (χ2v) is 6.41. The van der Waals surface area contributed by atoms with E-state index in [1.807, 2.05) is 0 Å². The van der Waals surface area contributed by atoms with Crippen molar-refractivity contribution in [3.8, 4) is 0 Å². The summed E-state index contributed by atoms with van der Waals surface area (Å²) in [6, 6.07) is 5.97. The highest BCUT2D eigenvalue weighted by molar-refractivity contribution is 6.30. The number of carbonyl (C=O) groups excluding carboxylic acids is 2. The minimum atomic E-state index is -1.60. The third-order valence-electron chi connectivity index (χ3n) is 3.80. The van der Waals surface area contributed by atoms with Crippen molar-refractivity contribution in [2.24, 2.45) is 0 Å². The maximum atomic E-state index is 12.1. The quantitative estimate of drug-likeness (QED) is 0.382. The molecule has 0 spiro atoms. The third-order valence-corrected chi connectivity index (χ3v) is 4.05. The Morgan fingerprint density at radius 3 is 2.21 bits per heavy atom. The second kappa shape index (κ2) is 12.3. The molecule has 0 radical (unpaired) electrons. The van der Waals surface area contributed by atoms with E-state index in [2.05, 4.69) is 5.32 Å². The molecule has 2 N–H and O–H groups in total. The first-order chi connectivity index (χ1) is 13.7. The number of hydrogen-bond donors (Lipinski definition) is 2. The molecule has 162 valence electrons. The average Bonchev–Trinajstić information content (AvgIpc) is 2.66. The van der Waals surface area contributed by atoms with Crippen LogP contribution in [0.2, 0.25) is 5.02 Å². The number of carbonyl (C=O) groups is 3. The molecule has 0 fully saturated rings.